The zero-order chi connectivity index (χ0) is 18.8. The van der Waals surface area contributed by atoms with Crippen LogP contribution in [-0.4, -0.2) is 19.0 Å². The number of methoxy groups -OCH3 is 1. The van der Waals surface area contributed by atoms with Crippen LogP contribution >= 0.6 is 0 Å². The molecule has 2 fully saturated rings. The van der Waals surface area contributed by atoms with E-state index in [0.717, 1.165) is 36.3 Å². The highest BCUT2D eigenvalue weighted by Crippen LogP contribution is 2.52. The van der Waals surface area contributed by atoms with E-state index >= 15 is 0 Å². The molecule has 144 valence electrons. The number of ether oxygens (including phenoxy) is 2. The highest BCUT2D eigenvalue weighted by Gasteiger charge is 2.47. The molecule has 0 amide bonds. The van der Waals surface area contributed by atoms with Gasteiger partial charge in [0.2, 0.25) is 5.76 Å². The van der Waals surface area contributed by atoms with E-state index < -0.39 is 5.97 Å². The lowest BCUT2D eigenvalue weighted by Gasteiger charge is -2.34. The van der Waals surface area contributed by atoms with Crippen molar-refractivity contribution in [1.29, 1.82) is 0 Å². The Labute approximate surface area is 160 Å². The summed E-state index contributed by atoms with van der Waals surface area (Å²) in [6, 6.07) is 9.90. The lowest BCUT2D eigenvalue weighted by molar-refractivity contribution is -0.155. The number of hydrogen-bond acceptors (Lipinski definition) is 4. The molecule has 1 aliphatic heterocycles. The molecular weight excluding hydrogens is 340 g/mol. The summed E-state index contributed by atoms with van der Waals surface area (Å²) < 4.78 is 10.5. The van der Waals surface area contributed by atoms with Gasteiger partial charge in [0.25, 0.3) is 0 Å². The first-order chi connectivity index (χ1) is 13.2. The van der Waals surface area contributed by atoms with Crippen LogP contribution < -0.4 is 0 Å². The van der Waals surface area contributed by atoms with Crippen LogP contribution in [0, 0.1) is 23.7 Å². The number of hydrogen-bond donors (Lipinski definition) is 0. The zero-order valence-electron chi connectivity index (χ0n) is 16.0. The van der Waals surface area contributed by atoms with Crippen LogP contribution in [-0.2, 0) is 19.1 Å². The average Bonchev–Trinajstić information content (AvgIpc) is 3.43. The molecule has 0 spiro atoms. The number of rotatable bonds is 2. The Hall–Kier alpha value is -2.10. The number of fused-ring (bicyclic) bond motifs is 2. The van der Waals surface area contributed by atoms with Crippen molar-refractivity contribution in [3.8, 4) is 0 Å². The van der Waals surface area contributed by atoms with Gasteiger partial charge in [-0.1, -0.05) is 62.4 Å². The average molecular weight is 368 g/mol. The first kappa shape index (κ1) is 18.3. The fraction of sp³-hybridized carbons (Fsp3) is 0.565. The van der Waals surface area contributed by atoms with Gasteiger partial charge in [0.1, 0.15) is 0 Å². The number of esters is 2. The van der Waals surface area contributed by atoms with Crippen molar-refractivity contribution in [2.75, 3.05) is 7.11 Å². The van der Waals surface area contributed by atoms with Gasteiger partial charge in [0, 0.05) is 11.5 Å². The smallest absolute Gasteiger partial charge is 0.374 e. The monoisotopic (exact) mass is 368 g/mol. The summed E-state index contributed by atoms with van der Waals surface area (Å²) in [5, 5.41) is 0. The van der Waals surface area contributed by atoms with Gasteiger partial charge in [0.15, 0.2) is 0 Å². The molecule has 1 aromatic rings. The van der Waals surface area contributed by atoms with Crippen molar-refractivity contribution in [2.24, 2.45) is 23.7 Å². The van der Waals surface area contributed by atoms with Crippen LogP contribution in [0.3, 0.4) is 0 Å². The lowest BCUT2D eigenvalue weighted by Crippen LogP contribution is -2.35. The fourth-order valence-electron chi connectivity index (χ4n) is 4.98. The predicted octanol–water partition coefficient (Wildman–Crippen LogP) is 4.74. The molecule has 4 rings (SSSR count). The number of carbonyl (C=O) groups excluding carboxylic acids is 2. The molecule has 3 aliphatic rings. The van der Waals surface area contributed by atoms with E-state index in [1.54, 1.807) is 0 Å². The lowest BCUT2D eigenvalue weighted by atomic mass is 9.74. The maximum Gasteiger partial charge on any atom is 0.374 e. The summed E-state index contributed by atoms with van der Waals surface area (Å²) >= 11 is 0. The van der Waals surface area contributed by atoms with Crippen LogP contribution in [0.25, 0.3) is 5.57 Å². The highest BCUT2D eigenvalue weighted by atomic mass is 16.6. The molecule has 1 aromatic carbocycles. The van der Waals surface area contributed by atoms with E-state index in [1.807, 2.05) is 30.3 Å². The van der Waals surface area contributed by atoms with Crippen molar-refractivity contribution >= 4 is 17.5 Å². The third-order valence-electron chi connectivity index (χ3n) is 6.53. The molecule has 4 heteroatoms. The van der Waals surface area contributed by atoms with Gasteiger partial charge in [0.05, 0.1) is 13.0 Å². The highest BCUT2D eigenvalue weighted by molar-refractivity contribution is 6.01. The molecule has 0 radical (unpaired) electrons. The third-order valence-corrected chi connectivity index (χ3v) is 6.53. The van der Waals surface area contributed by atoms with E-state index in [4.69, 9.17) is 9.47 Å². The molecule has 4 unspecified atom stereocenters. The third kappa shape index (κ3) is 3.80. The Morgan fingerprint density at radius 1 is 0.963 bits per heavy atom. The number of allylic oxidation sites excluding steroid dienone is 1. The summed E-state index contributed by atoms with van der Waals surface area (Å²) in [6.45, 7) is 0. The van der Waals surface area contributed by atoms with Crippen LogP contribution in [0.15, 0.2) is 36.1 Å². The second-order valence-electron chi connectivity index (χ2n) is 8.22. The van der Waals surface area contributed by atoms with Gasteiger partial charge >= 0.3 is 11.9 Å². The molecule has 0 aromatic heterocycles. The molecule has 0 saturated heterocycles. The minimum Gasteiger partial charge on any atom is -0.463 e. The van der Waals surface area contributed by atoms with Gasteiger partial charge in [-0.25, -0.2) is 4.79 Å². The zero-order valence-corrected chi connectivity index (χ0v) is 16.0. The minimum absolute atomic E-state index is 0.0378. The van der Waals surface area contributed by atoms with Gasteiger partial charge in [-0.05, 0) is 36.7 Å². The summed E-state index contributed by atoms with van der Waals surface area (Å²) in [5.41, 5.74) is 1.84. The standard InChI is InChI=1S/C23H28O4/c1-26-23(25)21-20(15-9-6-4-7-10-15)19-14-17-13-16(17)11-5-2-3-8-12-18(19)22(24)27-21/h4,6-7,9-10,16-19H,2-3,5,8,11-14H2,1H3. The van der Waals surface area contributed by atoms with Crippen LogP contribution in [0.2, 0.25) is 0 Å². The topological polar surface area (TPSA) is 52.6 Å². The van der Waals surface area contributed by atoms with Crippen molar-refractivity contribution in [3.63, 3.8) is 0 Å². The first-order valence-corrected chi connectivity index (χ1v) is 10.3. The second kappa shape index (κ2) is 7.87. The van der Waals surface area contributed by atoms with Gasteiger partial charge < -0.3 is 9.47 Å². The Kier molecular flexibility index (Phi) is 5.33. The Morgan fingerprint density at radius 3 is 2.44 bits per heavy atom. The Morgan fingerprint density at radius 2 is 1.70 bits per heavy atom. The molecule has 1 heterocycles. The summed E-state index contributed by atoms with van der Waals surface area (Å²) in [4.78, 5) is 25.3. The van der Waals surface area contributed by atoms with E-state index in [9.17, 15) is 9.59 Å². The number of cyclic esters (lactones) is 1. The summed E-state index contributed by atoms with van der Waals surface area (Å²) in [5.74, 6) is 0.629. The fourth-order valence-corrected chi connectivity index (χ4v) is 4.98. The van der Waals surface area contributed by atoms with Crippen LogP contribution in [0.4, 0.5) is 0 Å². The number of carbonyl (C=O) groups is 2. The van der Waals surface area contributed by atoms with Crippen molar-refractivity contribution in [1.82, 2.24) is 0 Å². The predicted molar refractivity (Wildman–Crippen MR) is 102 cm³/mol. The molecule has 2 aliphatic carbocycles. The van der Waals surface area contributed by atoms with Crippen molar-refractivity contribution < 1.29 is 19.1 Å². The van der Waals surface area contributed by atoms with E-state index in [2.05, 4.69) is 0 Å². The molecule has 2 saturated carbocycles. The number of benzene rings is 1. The van der Waals surface area contributed by atoms with Crippen LogP contribution in [0.5, 0.6) is 0 Å². The quantitative estimate of drug-likeness (QED) is 0.708. The largest absolute Gasteiger partial charge is 0.463 e. The van der Waals surface area contributed by atoms with Crippen molar-refractivity contribution in [3.05, 3.63) is 41.7 Å². The summed E-state index contributed by atoms with van der Waals surface area (Å²) in [6.07, 6.45) is 9.14. The Bertz CT molecular complexity index is 736. The van der Waals surface area contributed by atoms with Gasteiger partial charge in [-0.3, -0.25) is 4.79 Å². The summed E-state index contributed by atoms with van der Waals surface area (Å²) in [7, 11) is 1.34. The molecular formula is C23H28O4. The molecule has 27 heavy (non-hydrogen) atoms. The molecule has 4 atom stereocenters. The van der Waals surface area contributed by atoms with E-state index in [-0.39, 0.29) is 23.6 Å². The second-order valence-corrected chi connectivity index (χ2v) is 8.22. The molecule has 4 nitrogen and oxygen atoms in total. The SMILES string of the molecule is COC(=O)C1=C(c2ccccc2)C2CC3CC3CCCCCCC2C(=O)O1. The molecule has 0 bridgehead atoms. The van der Waals surface area contributed by atoms with Crippen molar-refractivity contribution in [2.45, 2.75) is 51.4 Å². The maximum absolute atomic E-state index is 12.8. The molecule has 0 N–H and O–H groups in total. The van der Waals surface area contributed by atoms with E-state index in [1.165, 1.54) is 39.2 Å². The normalized spacial score (nSPS) is 31.1. The Balaban J connectivity index is 1.77. The van der Waals surface area contributed by atoms with Gasteiger partial charge in [-0.2, -0.15) is 0 Å². The minimum atomic E-state index is -0.553. The maximum atomic E-state index is 12.8. The first-order valence-electron chi connectivity index (χ1n) is 10.3. The van der Waals surface area contributed by atoms with Crippen LogP contribution in [0.1, 0.15) is 56.9 Å². The van der Waals surface area contributed by atoms with Gasteiger partial charge in [-0.15, -0.1) is 0 Å². The van der Waals surface area contributed by atoms with E-state index in [0.29, 0.717) is 5.92 Å².